The molecule has 1 atom stereocenters. The van der Waals surface area contributed by atoms with Crippen molar-refractivity contribution in [1.29, 1.82) is 0 Å². The highest BCUT2D eigenvalue weighted by molar-refractivity contribution is 7.80. The van der Waals surface area contributed by atoms with Gasteiger partial charge in [0.25, 0.3) is 0 Å². The SMILES string of the molecule is NC(=S)c1ccc(CN2CCCN3CCCC3C2)c(F)c1. The van der Waals surface area contributed by atoms with Crippen molar-refractivity contribution in [2.75, 3.05) is 26.2 Å². The molecular weight excluding hydrogens is 285 g/mol. The molecule has 2 aliphatic rings. The third kappa shape index (κ3) is 3.42. The number of rotatable bonds is 3. The second kappa shape index (κ2) is 6.38. The van der Waals surface area contributed by atoms with E-state index in [9.17, 15) is 4.39 Å². The summed E-state index contributed by atoms with van der Waals surface area (Å²) in [7, 11) is 0. The second-order valence-corrected chi connectivity index (χ2v) is 6.53. The van der Waals surface area contributed by atoms with Crippen LogP contribution in [-0.4, -0.2) is 47.0 Å². The van der Waals surface area contributed by atoms with Gasteiger partial charge < -0.3 is 5.73 Å². The molecule has 0 aromatic heterocycles. The van der Waals surface area contributed by atoms with E-state index in [1.54, 1.807) is 0 Å². The highest BCUT2D eigenvalue weighted by Crippen LogP contribution is 2.23. The van der Waals surface area contributed by atoms with E-state index < -0.39 is 0 Å². The first-order chi connectivity index (χ1) is 10.1. The molecule has 1 unspecified atom stereocenters. The zero-order valence-electron chi connectivity index (χ0n) is 12.2. The van der Waals surface area contributed by atoms with Crippen molar-refractivity contribution in [1.82, 2.24) is 9.80 Å². The molecule has 1 aromatic rings. The average molecular weight is 307 g/mol. The highest BCUT2D eigenvalue weighted by Gasteiger charge is 2.28. The van der Waals surface area contributed by atoms with Gasteiger partial charge in [0.15, 0.2) is 0 Å². The maximum atomic E-state index is 14.2. The molecular formula is C16H22FN3S. The lowest BCUT2D eigenvalue weighted by Gasteiger charge is -2.25. The van der Waals surface area contributed by atoms with Gasteiger partial charge in [-0.25, -0.2) is 4.39 Å². The van der Waals surface area contributed by atoms with E-state index in [1.165, 1.54) is 38.4 Å². The van der Waals surface area contributed by atoms with Gasteiger partial charge in [0.05, 0.1) is 0 Å². The fourth-order valence-corrected chi connectivity index (χ4v) is 3.62. The lowest BCUT2D eigenvalue weighted by Crippen LogP contribution is -2.36. The van der Waals surface area contributed by atoms with Crippen LogP contribution >= 0.6 is 12.2 Å². The number of halogens is 1. The summed E-state index contributed by atoms with van der Waals surface area (Å²) in [6.45, 7) is 5.19. The minimum absolute atomic E-state index is 0.201. The van der Waals surface area contributed by atoms with Crippen LogP contribution in [0.2, 0.25) is 0 Å². The number of thiocarbonyl (C=S) groups is 1. The minimum atomic E-state index is -0.201. The van der Waals surface area contributed by atoms with Gasteiger partial charge in [-0.1, -0.05) is 24.4 Å². The molecule has 114 valence electrons. The van der Waals surface area contributed by atoms with E-state index in [0.29, 0.717) is 18.2 Å². The predicted molar refractivity (Wildman–Crippen MR) is 86.8 cm³/mol. The molecule has 0 radical (unpaired) electrons. The summed E-state index contributed by atoms with van der Waals surface area (Å²) < 4.78 is 14.2. The fourth-order valence-electron chi connectivity index (χ4n) is 3.50. The van der Waals surface area contributed by atoms with Crippen molar-refractivity contribution in [2.45, 2.75) is 31.8 Å². The molecule has 0 saturated carbocycles. The Morgan fingerprint density at radius 3 is 2.86 bits per heavy atom. The molecule has 3 nitrogen and oxygen atoms in total. The smallest absolute Gasteiger partial charge is 0.128 e. The van der Waals surface area contributed by atoms with Crippen LogP contribution in [0.25, 0.3) is 0 Å². The maximum Gasteiger partial charge on any atom is 0.128 e. The van der Waals surface area contributed by atoms with Crippen LogP contribution in [0.5, 0.6) is 0 Å². The number of hydrogen-bond acceptors (Lipinski definition) is 3. The van der Waals surface area contributed by atoms with Gasteiger partial charge in [0, 0.05) is 30.3 Å². The summed E-state index contributed by atoms with van der Waals surface area (Å²) in [6.07, 6.45) is 3.75. The normalized spacial score (nSPS) is 23.8. The number of benzene rings is 1. The van der Waals surface area contributed by atoms with Crippen molar-refractivity contribution in [2.24, 2.45) is 5.73 Å². The predicted octanol–water partition coefficient (Wildman–Crippen LogP) is 2.13. The molecule has 0 bridgehead atoms. The van der Waals surface area contributed by atoms with Gasteiger partial charge >= 0.3 is 0 Å². The van der Waals surface area contributed by atoms with Crippen LogP contribution in [0, 0.1) is 5.82 Å². The third-order valence-corrected chi connectivity index (χ3v) is 4.85. The number of hydrogen-bond donors (Lipinski definition) is 1. The molecule has 2 saturated heterocycles. The highest BCUT2D eigenvalue weighted by atomic mass is 32.1. The van der Waals surface area contributed by atoms with E-state index in [1.807, 2.05) is 12.1 Å². The molecule has 0 spiro atoms. The van der Waals surface area contributed by atoms with Crippen molar-refractivity contribution >= 4 is 17.2 Å². The number of nitrogens with two attached hydrogens (primary N) is 1. The molecule has 3 rings (SSSR count). The molecule has 2 heterocycles. The monoisotopic (exact) mass is 307 g/mol. The zero-order chi connectivity index (χ0) is 14.8. The maximum absolute atomic E-state index is 14.2. The van der Waals surface area contributed by atoms with Crippen LogP contribution in [-0.2, 0) is 6.54 Å². The Labute approximate surface area is 130 Å². The standard InChI is InChI=1S/C16H22FN3S/c17-15-9-12(16(18)21)4-5-13(15)10-19-6-2-8-20-7-1-3-14(20)11-19/h4-5,9,14H,1-3,6-8,10-11H2,(H2,18,21). The average Bonchev–Trinajstić information content (AvgIpc) is 2.79. The quantitative estimate of drug-likeness (QED) is 0.867. The molecule has 0 amide bonds. The van der Waals surface area contributed by atoms with Crippen molar-refractivity contribution in [3.8, 4) is 0 Å². The molecule has 2 N–H and O–H groups in total. The largest absolute Gasteiger partial charge is 0.389 e. The Balaban J connectivity index is 1.69. The molecule has 2 aliphatic heterocycles. The van der Waals surface area contributed by atoms with Crippen molar-refractivity contribution in [3.05, 3.63) is 35.1 Å². The van der Waals surface area contributed by atoms with E-state index >= 15 is 0 Å². The van der Waals surface area contributed by atoms with E-state index in [4.69, 9.17) is 18.0 Å². The summed E-state index contributed by atoms with van der Waals surface area (Å²) in [5, 5.41) is 0. The first-order valence-corrected chi connectivity index (χ1v) is 8.09. The molecule has 1 aromatic carbocycles. The fraction of sp³-hybridized carbons (Fsp3) is 0.562. The van der Waals surface area contributed by atoms with Crippen LogP contribution < -0.4 is 5.73 Å². The Kier molecular flexibility index (Phi) is 4.52. The van der Waals surface area contributed by atoms with Gasteiger partial charge in [0.2, 0.25) is 0 Å². The van der Waals surface area contributed by atoms with E-state index in [2.05, 4.69) is 9.80 Å². The van der Waals surface area contributed by atoms with Gasteiger partial charge in [-0.05, 0) is 45.0 Å². The summed E-state index contributed by atoms with van der Waals surface area (Å²) in [5.74, 6) is -0.201. The third-order valence-electron chi connectivity index (χ3n) is 4.62. The van der Waals surface area contributed by atoms with Gasteiger partial charge in [-0.2, -0.15) is 0 Å². The lowest BCUT2D eigenvalue weighted by atomic mass is 10.1. The summed E-state index contributed by atoms with van der Waals surface area (Å²) in [5.41, 5.74) is 6.88. The first kappa shape index (κ1) is 14.9. The molecule has 0 aliphatic carbocycles. The van der Waals surface area contributed by atoms with Gasteiger partial charge in [-0.15, -0.1) is 0 Å². The van der Waals surface area contributed by atoms with E-state index in [0.717, 1.165) is 18.7 Å². The van der Waals surface area contributed by atoms with Crippen molar-refractivity contribution < 1.29 is 4.39 Å². The van der Waals surface area contributed by atoms with Gasteiger partial charge in [-0.3, -0.25) is 9.80 Å². The topological polar surface area (TPSA) is 32.5 Å². The van der Waals surface area contributed by atoms with Crippen molar-refractivity contribution in [3.63, 3.8) is 0 Å². The zero-order valence-corrected chi connectivity index (χ0v) is 13.0. The lowest BCUT2D eigenvalue weighted by molar-refractivity contribution is 0.214. The Morgan fingerprint density at radius 1 is 1.29 bits per heavy atom. The van der Waals surface area contributed by atoms with E-state index in [-0.39, 0.29) is 10.8 Å². The Morgan fingerprint density at radius 2 is 2.10 bits per heavy atom. The summed E-state index contributed by atoms with van der Waals surface area (Å²) in [6, 6.07) is 5.75. The Hall–Kier alpha value is -1.04. The number of fused-ring (bicyclic) bond motifs is 1. The number of nitrogens with zero attached hydrogens (tertiary/aromatic N) is 2. The van der Waals surface area contributed by atoms with Crippen LogP contribution in [0.3, 0.4) is 0 Å². The first-order valence-electron chi connectivity index (χ1n) is 7.68. The Bertz CT molecular complexity index is 534. The summed E-state index contributed by atoms with van der Waals surface area (Å²) in [4.78, 5) is 5.22. The second-order valence-electron chi connectivity index (χ2n) is 6.09. The van der Waals surface area contributed by atoms with Gasteiger partial charge in [0.1, 0.15) is 10.8 Å². The summed E-state index contributed by atoms with van der Waals surface area (Å²) >= 11 is 4.89. The minimum Gasteiger partial charge on any atom is -0.389 e. The van der Waals surface area contributed by atoms with Crippen LogP contribution in [0.1, 0.15) is 30.4 Å². The van der Waals surface area contributed by atoms with Crippen LogP contribution in [0.4, 0.5) is 4.39 Å². The molecule has 21 heavy (non-hydrogen) atoms. The molecule has 2 fully saturated rings. The van der Waals surface area contributed by atoms with Crippen LogP contribution in [0.15, 0.2) is 18.2 Å². The molecule has 5 heteroatoms.